The number of benzene rings is 1. The normalized spacial score (nSPS) is 16.9. The van der Waals surface area contributed by atoms with Crippen molar-refractivity contribution in [1.82, 2.24) is 24.6 Å². The topological polar surface area (TPSA) is 143 Å². The van der Waals surface area contributed by atoms with Gasteiger partial charge in [0.15, 0.2) is 11.6 Å². The number of ether oxygens (including phenoxy) is 3. The highest BCUT2D eigenvalue weighted by Gasteiger charge is 2.38. The zero-order valence-corrected chi connectivity index (χ0v) is 30.4. The lowest BCUT2D eigenvalue weighted by Gasteiger charge is -2.39. The number of rotatable bonds is 14. The second kappa shape index (κ2) is 18.1. The molecule has 4 amide bonds. The van der Waals surface area contributed by atoms with Crippen LogP contribution in [0.3, 0.4) is 0 Å². The molecule has 0 unspecified atom stereocenters. The van der Waals surface area contributed by atoms with E-state index < -0.39 is 41.3 Å². The highest BCUT2D eigenvalue weighted by Crippen LogP contribution is 2.29. The number of piperazine rings is 1. The molecule has 1 aromatic carbocycles. The predicted molar refractivity (Wildman–Crippen MR) is 185 cm³/mol. The molecule has 2 heterocycles. The van der Waals surface area contributed by atoms with Crippen LogP contribution in [0, 0.1) is 17.6 Å². The number of aromatic nitrogens is 1. The first-order chi connectivity index (χ1) is 24.2. The van der Waals surface area contributed by atoms with E-state index >= 15 is 0 Å². The third-order valence-corrected chi connectivity index (χ3v) is 9.43. The van der Waals surface area contributed by atoms with Gasteiger partial charge in [0.25, 0.3) is 5.91 Å². The van der Waals surface area contributed by atoms with Crippen LogP contribution in [-0.2, 0) is 30.3 Å². The maximum atomic E-state index is 14.3. The minimum atomic E-state index is -1.03. The average molecular weight is 722 g/mol. The molecule has 284 valence electrons. The number of nitrogens with zero attached hydrogens (tertiary/aromatic N) is 4. The van der Waals surface area contributed by atoms with Gasteiger partial charge in [-0.15, -0.1) is 0 Å². The highest BCUT2D eigenvalue weighted by atomic mass is 19.2. The number of nitrogens with one attached hydrogen (secondary N) is 1. The summed E-state index contributed by atoms with van der Waals surface area (Å²) in [7, 11) is 1.49. The zero-order chi connectivity index (χ0) is 37.3. The highest BCUT2D eigenvalue weighted by molar-refractivity contribution is 5.99. The molecule has 0 bridgehead atoms. The van der Waals surface area contributed by atoms with Crippen molar-refractivity contribution in [3.63, 3.8) is 0 Å². The van der Waals surface area contributed by atoms with E-state index in [1.54, 1.807) is 42.1 Å². The van der Waals surface area contributed by atoms with Gasteiger partial charge in [0.1, 0.15) is 23.4 Å². The first-order valence-corrected chi connectivity index (χ1v) is 17.8. The Morgan fingerprint density at radius 3 is 2.16 bits per heavy atom. The molecule has 2 atom stereocenters. The molecule has 51 heavy (non-hydrogen) atoms. The summed E-state index contributed by atoms with van der Waals surface area (Å²) in [5, 5.41) is 12.2. The molecule has 1 aliphatic carbocycles. The zero-order valence-electron chi connectivity index (χ0n) is 30.4. The van der Waals surface area contributed by atoms with E-state index in [1.807, 2.05) is 0 Å². The molecule has 1 saturated carbocycles. The number of likely N-dealkylation sites (N-methyl/N-ethyl adjacent to an activating group) is 1. The van der Waals surface area contributed by atoms with Crippen LogP contribution < -0.4 is 5.32 Å². The summed E-state index contributed by atoms with van der Waals surface area (Å²) in [6.45, 7) is 8.71. The van der Waals surface area contributed by atoms with Crippen molar-refractivity contribution in [2.24, 2.45) is 5.92 Å². The van der Waals surface area contributed by atoms with E-state index in [0.29, 0.717) is 10.9 Å². The summed E-state index contributed by atoms with van der Waals surface area (Å²) in [6, 6.07) is 1.99. The molecule has 0 spiro atoms. The quantitative estimate of drug-likeness (QED) is 0.282. The molecule has 1 saturated heterocycles. The number of hydrogen-bond acceptors (Lipinski definition) is 8. The molecular weight excluding hydrogens is 668 g/mol. The number of amides is 4. The van der Waals surface area contributed by atoms with E-state index in [4.69, 9.17) is 19.3 Å². The third-order valence-electron chi connectivity index (χ3n) is 9.43. The van der Waals surface area contributed by atoms with Gasteiger partial charge in [-0.1, -0.05) is 19.3 Å². The van der Waals surface area contributed by atoms with Crippen LogP contribution >= 0.6 is 0 Å². The molecule has 2 aromatic rings. The number of carbonyl (C=O) groups is 4. The fraction of sp³-hybridized carbons (Fsp3) is 0.667. The number of fused-ring (bicyclic) bond motifs is 1. The SMILES string of the molecule is C[C@@H](C(=O)N[C@H](C(=O)N1CCN(C(=O)c2cc3cc(F)c(F)cc3n2CCOCCOCCO)CC1)C1CCCCC1)N(C)C(=O)OC(C)(C)C. The Kier molecular flexibility index (Phi) is 14.2. The first kappa shape index (κ1) is 40.0. The third kappa shape index (κ3) is 10.6. The number of aliphatic hydroxyl groups is 1. The Morgan fingerprint density at radius 2 is 1.53 bits per heavy atom. The summed E-state index contributed by atoms with van der Waals surface area (Å²) < 4.78 is 46.3. The van der Waals surface area contributed by atoms with E-state index in [9.17, 15) is 28.0 Å². The fourth-order valence-electron chi connectivity index (χ4n) is 6.50. The monoisotopic (exact) mass is 721 g/mol. The molecular formula is C36H53F2N5O8. The standard InChI is InChI=1S/C36H53F2N5O8/c1-24(40(5)35(48)51-36(2,3)4)32(45)39-31(25-9-7-6-8-10-25)34(47)42-13-11-41(12-14-42)33(46)30-22-26-21-27(37)28(38)23-29(26)43(30)15-17-49-19-20-50-18-16-44/h21-25,31,44H,6-20H2,1-5H3,(H,39,45)/t24-,31-/m0/s1. The van der Waals surface area contributed by atoms with Crippen molar-refractivity contribution in [2.45, 2.75) is 84.0 Å². The van der Waals surface area contributed by atoms with E-state index in [-0.39, 0.29) is 89.2 Å². The lowest BCUT2D eigenvalue weighted by molar-refractivity contribution is -0.140. The van der Waals surface area contributed by atoms with Gasteiger partial charge in [-0.05, 0) is 58.6 Å². The predicted octanol–water partition coefficient (Wildman–Crippen LogP) is 3.55. The summed E-state index contributed by atoms with van der Waals surface area (Å²) in [5.74, 6) is -3.14. The van der Waals surface area contributed by atoms with Gasteiger partial charge in [-0.25, -0.2) is 13.6 Å². The van der Waals surface area contributed by atoms with E-state index in [0.717, 1.165) is 44.2 Å². The summed E-state index contributed by atoms with van der Waals surface area (Å²) in [5.41, 5.74) is -0.141. The lowest BCUT2D eigenvalue weighted by atomic mass is 9.83. The van der Waals surface area contributed by atoms with E-state index in [2.05, 4.69) is 5.32 Å². The van der Waals surface area contributed by atoms with Gasteiger partial charge in [0, 0.05) is 51.2 Å². The number of halogens is 2. The number of aliphatic hydroxyl groups excluding tert-OH is 1. The Balaban J connectivity index is 1.43. The molecule has 4 rings (SSSR count). The molecule has 1 aliphatic heterocycles. The van der Waals surface area contributed by atoms with Crippen LogP contribution in [0.15, 0.2) is 18.2 Å². The summed E-state index contributed by atoms with van der Waals surface area (Å²) in [4.78, 5) is 58.5. The van der Waals surface area contributed by atoms with Gasteiger partial charge < -0.3 is 39.0 Å². The van der Waals surface area contributed by atoms with Crippen molar-refractivity contribution in [1.29, 1.82) is 0 Å². The van der Waals surface area contributed by atoms with Crippen molar-refractivity contribution < 1.29 is 47.3 Å². The Bertz CT molecular complexity index is 1510. The minimum Gasteiger partial charge on any atom is -0.444 e. The van der Waals surface area contributed by atoms with Gasteiger partial charge in [0.05, 0.1) is 38.6 Å². The Labute approximate surface area is 298 Å². The maximum Gasteiger partial charge on any atom is 0.410 e. The summed E-state index contributed by atoms with van der Waals surface area (Å²) in [6.07, 6.45) is 3.89. The van der Waals surface area contributed by atoms with E-state index in [1.165, 1.54) is 18.0 Å². The number of hydrogen-bond donors (Lipinski definition) is 2. The molecule has 2 aliphatic rings. The van der Waals surface area contributed by atoms with Crippen molar-refractivity contribution in [2.75, 3.05) is 66.3 Å². The van der Waals surface area contributed by atoms with Crippen LogP contribution in [0.25, 0.3) is 10.9 Å². The van der Waals surface area contributed by atoms with Crippen LogP contribution in [0.5, 0.6) is 0 Å². The lowest BCUT2D eigenvalue weighted by Crippen LogP contribution is -2.59. The molecule has 2 fully saturated rings. The Morgan fingerprint density at radius 1 is 0.922 bits per heavy atom. The maximum absolute atomic E-state index is 14.3. The first-order valence-electron chi connectivity index (χ1n) is 17.8. The van der Waals surface area contributed by atoms with Gasteiger partial charge in [0.2, 0.25) is 11.8 Å². The smallest absolute Gasteiger partial charge is 0.410 e. The average Bonchev–Trinajstić information content (AvgIpc) is 3.45. The van der Waals surface area contributed by atoms with Crippen LogP contribution in [0.2, 0.25) is 0 Å². The second-order valence-corrected chi connectivity index (χ2v) is 14.2. The molecule has 1 aromatic heterocycles. The molecule has 15 heteroatoms. The van der Waals surface area contributed by atoms with Gasteiger partial charge in [-0.3, -0.25) is 19.3 Å². The van der Waals surface area contributed by atoms with Crippen molar-refractivity contribution >= 4 is 34.7 Å². The van der Waals surface area contributed by atoms with Gasteiger partial charge in [-0.2, -0.15) is 0 Å². The second-order valence-electron chi connectivity index (χ2n) is 14.2. The molecule has 13 nitrogen and oxygen atoms in total. The van der Waals surface area contributed by atoms with Crippen molar-refractivity contribution in [3.05, 3.63) is 35.5 Å². The fourth-order valence-corrected chi connectivity index (χ4v) is 6.50. The van der Waals surface area contributed by atoms with Gasteiger partial charge >= 0.3 is 6.09 Å². The van der Waals surface area contributed by atoms with Crippen molar-refractivity contribution in [3.8, 4) is 0 Å². The summed E-state index contributed by atoms with van der Waals surface area (Å²) >= 11 is 0. The van der Waals surface area contributed by atoms with Crippen LogP contribution in [0.4, 0.5) is 13.6 Å². The minimum absolute atomic E-state index is 0.0612. The molecule has 0 radical (unpaired) electrons. The number of carbonyl (C=O) groups excluding carboxylic acids is 4. The van der Waals surface area contributed by atoms with Crippen LogP contribution in [-0.4, -0.2) is 132 Å². The molecule has 2 N–H and O–H groups in total. The Hall–Kier alpha value is -3.82. The largest absolute Gasteiger partial charge is 0.444 e. The van der Waals surface area contributed by atoms with Crippen LogP contribution in [0.1, 0.15) is 70.3 Å².